The van der Waals surface area contributed by atoms with Gasteiger partial charge in [0.15, 0.2) is 5.69 Å². The maximum Gasteiger partial charge on any atom is 0.358 e. The highest BCUT2D eigenvalue weighted by Gasteiger charge is 2.19. The molecule has 1 aromatic rings. The van der Waals surface area contributed by atoms with Gasteiger partial charge in [-0.05, 0) is 29.8 Å². The number of hydrogen-bond donors (Lipinski definition) is 0. The lowest BCUT2D eigenvalue weighted by atomic mass is 10.4. The van der Waals surface area contributed by atoms with Crippen LogP contribution in [0.1, 0.15) is 23.1 Å². The average Bonchev–Trinajstić information content (AvgIpc) is 2.27. The number of carbonyl (C=O) groups excluding carboxylic acids is 1. The second-order valence-corrected chi connectivity index (χ2v) is 4.04. The van der Waals surface area contributed by atoms with Crippen molar-refractivity contribution < 1.29 is 9.53 Å². The van der Waals surface area contributed by atoms with Crippen molar-refractivity contribution in [3.63, 3.8) is 0 Å². The summed E-state index contributed by atoms with van der Waals surface area (Å²) < 4.78 is 7.04. The molecule has 13 heavy (non-hydrogen) atoms. The Hall–Kier alpha value is -0.110. The average molecular weight is 359 g/mol. The molecule has 0 fully saturated rings. The van der Waals surface area contributed by atoms with Crippen LogP contribution in [0.5, 0.6) is 0 Å². The maximum absolute atomic E-state index is 11.4. The van der Waals surface area contributed by atoms with Gasteiger partial charge in [-0.3, -0.25) is 0 Å². The van der Waals surface area contributed by atoms with Crippen molar-refractivity contribution in [2.75, 3.05) is 6.61 Å². The molecule has 1 heterocycles. The Bertz CT molecular complexity index is 337. The highest BCUT2D eigenvalue weighted by Crippen LogP contribution is 2.23. The van der Waals surface area contributed by atoms with Gasteiger partial charge in [-0.15, -0.1) is 0 Å². The summed E-state index contributed by atoms with van der Waals surface area (Å²) >= 11 is 5.22. The molecule has 0 saturated carbocycles. The number of ether oxygens (including phenoxy) is 1. The van der Waals surface area contributed by atoms with E-state index >= 15 is 0 Å². The number of rotatable bonds is 2. The minimum absolute atomic E-state index is 0.357. The highest BCUT2D eigenvalue weighted by atomic mass is 127. The van der Waals surface area contributed by atoms with Gasteiger partial charge in [0, 0.05) is 0 Å². The molecular formula is C7H8BrIN2O2. The van der Waals surface area contributed by atoms with Crippen LogP contribution in [0.25, 0.3) is 0 Å². The Labute approximate surface area is 98.3 Å². The van der Waals surface area contributed by atoms with Crippen LogP contribution in [0.2, 0.25) is 0 Å². The summed E-state index contributed by atoms with van der Waals surface area (Å²) in [6, 6.07) is 0. The van der Waals surface area contributed by atoms with Crippen LogP contribution in [0.4, 0.5) is 0 Å². The van der Waals surface area contributed by atoms with E-state index in [1.54, 1.807) is 6.92 Å². The van der Waals surface area contributed by atoms with E-state index in [1.807, 2.05) is 29.8 Å². The van der Waals surface area contributed by atoms with E-state index in [-0.39, 0.29) is 5.97 Å². The molecule has 0 bridgehead atoms. The van der Waals surface area contributed by atoms with E-state index in [2.05, 4.69) is 21.0 Å². The van der Waals surface area contributed by atoms with Crippen molar-refractivity contribution in [3.05, 3.63) is 15.9 Å². The monoisotopic (exact) mass is 358 g/mol. The highest BCUT2D eigenvalue weighted by molar-refractivity contribution is 14.1. The fourth-order valence-electron chi connectivity index (χ4n) is 0.842. The summed E-state index contributed by atoms with van der Waals surface area (Å²) in [5, 5.41) is 4.07. The summed E-state index contributed by atoms with van der Waals surface area (Å²) in [5.74, 6) is -0.357. The van der Waals surface area contributed by atoms with Gasteiger partial charge in [-0.25, -0.2) is 4.79 Å². The first-order chi connectivity index (χ1) is 6.07. The molecule has 0 unspecified atom stereocenters. The Kier molecular flexibility index (Phi) is 3.72. The lowest BCUT2D eigenvalue weighted by Crippen LogP contribution is -2.08. The van der Waals surface area contributed by atoms with E-state index in [0.717, 1.165) is 5.69 Å². The zero-order valence-corrected chi connectivity index (χ0v) is 10.9. The van der Waals surface area contributed by atoms with E-state index in [0.29, 0.717) is 16.8 Å². The molecule has 1 rings (SSSR count). The van der Waals surface area contributed by atoms with E-state index < -0.39 is 0 Å². The number of aromatic nitrogens is 2. The van der Waals surface area contributed by atoms with Gasteiger partial charge in [-0.1, -0.05) is 0 Å². The zero-order valence-electron chi connectivity index (χ0n) is 7.17. The first-order valence-electron chi connectivity index (χ1n) is 3.66. The molecule has 0 atom stereocenters. The van der Waals surface area contributed by atoms with Crippen LogP contribution in [-0.4, -0.2) is 20.6 Å². The zero-order chi connectivity index (χ0) is 10.0. The van der Waals surface area contributed by atoms with Crippen molar-refractivity contribution >= 4 is 44.8 Å². The molecule has 0 aromatic carbocycles. The summed E-state index contributed by atoms with van der Waals surface area (Å²) in [5.41, 5.74) is 1.22. The van der Waals surface area contributed by atoms with E-state index in [1.165, 1.54) is 2.90 Å². The van der Waals surface area contributed by atoms with Gasteiger partial charge < -0.3 is 4.74 Å². The number of esters is 1. The Morgan fingerprint density at radius 2 is 2.38 bits per heavy atom. The standard InChI is InChI=1S/C7H8BrIN2O2/c1-3-13-7(12)6-5(8)4(2)10-11(6)9/h3H2,1-2H3. The lowest BCUT2D eigenvalue weighted by Gasteiger charge is -2.00. The fourth-order valence-corrected chi connectivity index (χ4v) is 2.34. The number of carbonyl (C=O) groups is 1. The van der Waals surface area contributed by atoms with Crippen molar-refractivity contribution in [1.29, 1.82) is 0 Å². The number of aryl methyl sites for hydroxylation is 1. The number of hydrogen-bond acceptors (Lipinski definition) is 3. The Morgan fingerprint density at radius 1 is 1.77 bits per heavy atom. The third-order valence-electron chi connectivity index (χ3n) is 1.42. The number of halogens is 2. The molecular weight excluding hydrogens is 351 g/mol. The summed E-state index contributed by atoms with van der Waals surface area (Å²) in [6.45, 7) is 3.96. The van der Waals surface area contributed by atoms with Gasteiger partial charge in [0.05, 0.1) is 39.6 Å². The summed E-state index contributed by atoms with van der Waals surface area (Å²) in [7, 11) is 0. The normalized spacial score (nSPS) is 10.2. The molecule has 6 heteroatoms. The fraction of sp³-hybridized carbons (Fsp3) is 0.429. The molecule has 0 amide bonds. The van der Waals surface area contributed by atoms with Crippen molar-refractivity contribution in [2.45, 2.75) is 13.8 Å². The maximum atomic E-state index is 11.4. The Balaban J connectivity index is 3.06. The first kappa shape index (κ1) is 11.0. The molecule has 0 radical (unpaired) electrons. The summed E-state index contributed by atoms with van der Waals surface area (Å²) in [4.78, 5) is 11.4. The molecule has 0 spiro atoms. The third kappa shape index (κ3) is 2.22. The van der Waals surface area contributed by atoms with Gasteiger partial charge in [0.2, 0.25) is 0 Å². The van der Waals surface area contributed by atoms with Crippen molar-refractivity contribution in [3.8, 4) is 0 Å². The lowest BCUT2D eigenvalue weighted by molar-refractivity contribution is 0.0517. The predicted octanol–water partition coefficient (Wildman–Crippen LogP) is 2.33. The quantitative estimate of drug-likeness (QED) is 0.602. The second kappa shape index (κ2) is 4.41. The van der Waals surface area contributed by atoms with Gasteiger partial charge in [0.25, 0.3) is 0 Å². The third-order valence-corrected chi connectivity index (χ3v) is 3.06. The SMILES string of the molecule is CCOC(=O)c1c(Br)c(C)nn1I. The van der Waals surface area contributed by atoms with Crippen LogP contribution in [-0.2, 0) is 4.74 Å². The minimum atomic E-state index is -0.357. The Morgan fingerprint density at radius 3 is 2.77 bits per heavy atom. The number of nitrogens with zero attached hydrogens (tertiary/aromatic N) is 2. The molecule has 0 aliphatic rings. The molecule has 0 aliphatic carbocycles. The second-order valence-electron chi connectivity index (χ2n) is 2.33. The van der Waals surface area contributed by atoms with Crippen LogP contribution < -0.4 is 0 Å². The molecule has 72 valence electrons. The molecule has 0 N–H and O–H groups in total. The van der Waals surface area contributed by atoms with Crippen molar-refractivity contribution in [2.24, 2.45) is 0 Å². The van der Waals surface area contributed by atoms with Gasteiger partial charge >= 0.3 is 5.97 Å². The minimum Gasteiger partial charge on any atom is -0.461 e. The van der Waals surface area contributed by atoms with E-state index in [9.17, 15) is 4.79 Å². The van der Waals surface area contributed by atoms with Crippen LogP contribution in [0, 0.1) is 6.92 Å². The van der Waals surface area contributed by atoms with Gasteiger partial charge in [-0.2, -0.15) is 7.99 Å². The molecule has 0 saturated heterocycles. The van der Waals surface area contributed by atoms with Gasteiger partial charge in [0.1, 0.15) is 0 Å². The molecule has 1 aromatic heterocycles. The van der Waals surface area contributed by atoms with Crippen LogP contribution in [0.15, 0.2) is 4.47 Å². The summed E-state index contributed by atoms with van der Waals surface area (Å²) in [6.07, 6.45) is 0. The van der Waals surface area contributed by atoms with E-state index in [4.69, 9.17) is 4.74 Å². The smallest absolute Gasteiger partial charge is 0.358 e. The van der Waals surface area contributed by atoms with Crippen LogP contribution >= 0.6 is 38.8 Å². The largest absolute Gasteiger partial charge is 0.461 e. The first-order valence-corrected chi connectivity index (χ1v) is 5.42. The molecule has 0 aliphatic heterocycles. The van der Waals surface area contributed by atoms with Crippen molar-refractivity contribution in [1.82, 2.24) is 7.99 Å². The topological polar surface area (TPSA) is 44.1 Å². The predicted molar refractivity (Wildman–Crippen MR) is 60.0 cm³/mol. The van der Waals surface area contributed by atoms with Crippen LogP contribution in [0.3, 0.4) is 0 Å². The molecule has 4 nitrogen and oxygen atoms in total.